The van der Waals surface area contributed by atoms with Crippen molar-refractivity contribution in [1.29, 1.82) is 0 Å². The van der Waals surface area contributed by atoms with E-state index in [4.69, 9.17) is 4.65 Å². The first-order chi connectivity index (χ1) is 11.5. The molecule has 0 spiro atoms. The summed E-state index contributed by atoms with van der Waals surface area (Å²) in [4.78, 5) is 23.4. The van der Waals surface area contributed by atoms with E-state index in [1.54, 1.807) is 12.1 Å². The van der Waals surface area contributed by atoms with Crippen LogP contribution in [0.15, 0.2) is 18.2 Å². The van der Waals surface area contributed by atoms with Gasteiger partial charge in [0.15, 0.2) is 0 Å². The fourth-order valence-corrected chi connectivity index (χ4v) is 3.33. The van der Waals surface area contributed by atoms with Crippen molar-refractivity contribution in [3.05, 3.63) is 29.3 Å². The van der Waals surface area contributed by atoms with E-state index in [1.807, 2.05) is 0 Å². The molecule has 0 aromatic heterocycles. The van der Waals surface area contributed by atoms with Crippen LogP contribution in [0.4, 0.5) is 0 Å². The predicted octanol–water partition coefficient (Wildman–Crippen LogP) is 0.214. The molecule has 8 heteroatoms. The zero-order chi connectivity index (χ0) is 17.1. The van der Waals surface area contributed by atoms with Gasteiger partial charge in [0.2, 0.25) is 5.91 Å². The van der Waals surface area contributed by atoms with E-state index in [2.05, 4.69) is 10.6 Å². The maximum absolute atomic E-state index is 12.2. The van der Waals surface area contributed by atoms with Crippen LogP contribution in [0.1, 0.15) is 35.2 Å². The molecule has 2 aliphatic heterocycles. The number of carbonyl (C=O) groups excluding carboxylic acids is 1. The van der Waals surface area contributed by atoms with Gasteiger partial charge in [0.25, 0.3) is 0 Å². The number of hydrogen-bond donors (Lipinski definition) is 4. The molecule has 0 unspecified atom stereocenters. The Kier molecular flexibility index (Phi) is 5.06. The first-order valence-corrected chi connectivity index (χ1v) is 8.24. The monoisotopic (exact) mass is 332 g/mol. The summed E-state index contributed by atoms with van der Waals surface area (Å²) in [6, 6.07) is 4.82. The van der Waals surface area contributed by atoms with E-state index in [1.165, 1.54) is 6.07 Å². The number of carboxylic acid groups (broad SMARTS) is 1. The molecule has 3 rings (SSSR count). The minimum Gasteiger partial charge on any atom is -0.534 e. The lowest BCUT2D eigenvalue weighted by molar-refractivity contribution is -0.122. The van der Waals surface area contributed by atoms with Crippen LogP contribution in [0.25, 0.3) is 0 Å². The van der Waals surface area contributed by atoms with Crippen LogP contribution in [0.3, 0.4) is 0 Å². The highest BCUT2D eigenvalue weighted by molar-refractivity contribution is 6.47. The molecule has 0 aliphatic carbocycles. The van der Waals surface area contributed by atoms with Crippen molar-refractivity contribution in [1.82, 2.24) is 10.6 Å². The van der Waals surface area contributed by atoms with Gasteiger partial charge >= 0.3 is 13.1 Å². The van der Waals surface area contributed by atoms with Gasteiger partial charge in [-0.05, 0) is 49.9 Å². The number of aromatic carboxylic acids is 1. The highest BCUT2D eigenvalue weighted by Crippen LogP contribution is 2.30. The SMILES string of the molecule is O=C(CC1CCNCC1)N[C@H]1Cc2cccc(C(=O)O)c2OB1O. The van der Waals surface area contributed by atoms with Crippen LogP contribution in [-0.4, -0.2) is 48.2 Å². The Morgan fingerprint density at radius 2 is 2.08 bits per heavy atom. The number of piperidine rings is 1. The Hall–Kier alpha value is -2.06. The van der Waals surface area contributed by atoms with Gasteiger partial charge in [0.1, 0.15) is 5.75 Å². The minimum absolute atomic E-state index is 0.0195. The molecule has 2 heterocycles. The van der Waals surface area contributed by atoms with Crippen molar-refractivity contribution in [2.24, 2.45) is 5.92 Å². The Morgan fingerprint density at radius 3 is 2.79 bits per heavy atom. The molecule has 7 nitrogen and oxygen atoms in total. The van der Waals surface area contributed by atoms with E-state index in [9.17, 15) is 19.7 Å². The highest BCUT2D eigenvalue weighted by atomic mass is 16.5. The van der Waals surface area contributed by atoms with Crippen LogP contribution >= 0.6 is 0 Å². The number of carbonyl (C=O) groups is 2. The third-order valence-electron chi connectivity index (χ3n) is 4.63. The number of fused-ring (bicyclic) bond motifs is 1. The molecule has 1 atom stereocenters. The second-order valence-electron chi connectivity index (χ2n) is 6.38. The second kappa shape index (κ2) is 7.23. The van der Waals surface area contributed by atoms with Gasteiger partial charge < -0.3 is 25.4 Å². The van der Waals surface area contributed by atoms with Crippen LogP contribution < -0.4 is 15.3 Å². The molecule has 1 saturated heterocycles. The Labute approximate surface area is 140 Å². The minimum atomic E-state index is -1.25. The second-order valence-corrected chi connectivity index (χ2v) is 6.38. The fraction of sp³-hybridized carbons (Fsp3) is 0.500. The Morgan fingerprint density at radius 1 is 1.33 bits per heavy atom. The highest BCUT2D eigenvalue weighted by Gasteiger charge is 2.37. The molecule has 1 aromatic carbocycles. The number of amides is 1. The van der Waals surface area contributed by atoms with Crippen molar-refractivity contribution in [3.8, 4) is 5.75 Å². The molecular weight excluding hydrogens is 311 g/mol. The van der Waals surface area contributed by atoms with Crippen LogP contribution in [-0.2, 0) is 11.2 Å². The molecule has 0 bridgehead atoms. The molecule has 1 fully saturated rings. The molecule has 1 amide bonds. The molecule has 1 aromatic rings. The summed E-state index contributed by atoms with van der Waals surface area (Å²) < 4.78 is 5.38. The fourth-order valence-electron chi connectivity index (χ4n) is 3.33. The summed E-state index contributed by atoms with van der Waals surface area (Å²) in [6.45, 7) is 1.86. The molecule has 2 aliphatic rings. The molecule has 24 heavy (non-hydrogen) atoms. The van der Waals surface area contributed by atoms with E-state index in [-0.39, 0.29) is 17.2 Å². The van der Waals surface area contributed by atoms with E-state index in [0.717, 1.165) is 25.9 Å². The number of hydrogen-bond acceptors (Lipinski definition) is 5. The van der Waals surface area contributed by atoms with Crippen LogP contribution in [0, 0.1) is 5.92 Å². The third kappa shape index (κ3) is 3.71. The predicted molar refractivity (Wildman–Crippen MR) is 87.8 cm³/mol. The van der Waals surface area contributed by atoms with E-state index in [0.29, 0.717) is 24.3 Å². The van der Waals surface area contributed by atoms with Crippen molar-refractivity contribution in [2.75, 3.05) is 13.1 Å². The lowest BCUT2D eigenvalue weighted by Gasteiger charge is -2.29. The largest absolute Gasteiger partial charge is 0.547 e. The third-order valence-corrected chi connectivity index (χ3v) is 4.63. The maximum atomic E-state index is 12.2. The van der Waals surface area contributed by atoms with E-state index < -0.39 is 19.0 Å². The van der Waals surface area contributed by atoms with Gasteiger partial charge in [-0.3, -0.25) is 4.79 Å². The van der Waals surface area contributed by atoms with Gasteiger partial charge in [-0.2, -0.15) is 0 Å². The topological polar surface area (TPSA) is 108 Å². The molecule has 4 N–H and O–H groups in total. The standard InChI is InChI=1S/C16H21BN2O5/c20-14(8-10-4-6-18-7-5-10)19-13-9-11-2-1-3-12(16(21)22)15(11)24-17(13)23/h1-3,10,13,18,23H,4-9H2,(H,19,20)(H,21,22)/t13-/m0/s1. The molecule has 128 valence electrons. The lowest BCUT2D eigenvalue weighted by Crippen LogP contribution is -2.53. The molecule has 0 saturated carbocycles. The summed E-state index contributed by atoms with van der Waals surface area (Å²) in [5.41, 5.74) is 0.693. The average molecular weight is 332 g/mol. The number of para-hydroxylation sites is 1. The zero-order valence-corrected chi connectivity index (χ0v) is 13.3. The van der Waals surface area contributed by atoms with Gasteiger partial charge in [-0.25, -0.2) is 4.79 Å². The van der Waals surface area contributed by atoms with Crippen molar-refractivity contribution in [3.63, 3.8) is 0 Å². The van der Waals surface area contributed by atoms with Gasteiger partial charge in [-0.15, -0.1) is 0 Å². The van der Waals surface area contributed by atoms with Gasteiger partial charge in [-0.1, -0.05) is 12.1 Å². The summed E-state index contributed by atoms with van der Waals surface area (Å²) in [5.74, 6) is -1.24. The maximum Gasteiger partial charge on any atom is 0.547 e. The van der Waals surface area contributed by atoms with Gasteiger partial charge in [0, 0.05) is 6.42 Å². The number of nitrogens with one attached hydrogen (secondary N) is 2. The number of benzene rings is 1. The summed E-state index contributed by atoms with van der Waals surface area (Å²) in [5, 5.41) is 25.4. The van der Waals surface area contributed by atoms with Crippen molar-refractivity contribution < 1.29 is 24.4 Å². The summed E-state index contributed by atoms with van der Waals surface area (Å²) in [6.07, 6.45) is 2.73. The Balaban J connectivity index is 1.64. The number of carboxylic acids is 1. The quantitative estimate of drug-likeness (QED) is 0.587. The summed E-state index contributed by atoms with van der Waals surface area (Å²) >= 11 is 0. The van der Waals surface area contributed by atoms with Gasteiger partial charge in [0.05, 0.1) is 11.5 Å². The van der Waals surface area contributed by atoms with Crippen LogP contribution in [0.5, 0.6) is 5.75 Å². The Bertz CT molecular complexity index is 633. The van der Waals surface area contributed by atoms with Crippen molar-refractivity contribution >= 4 is 19.0 Å². The summed E-state index contributed by atoms with van der Waals surface area (Å²) in [7, 11) is -1.25. The smallest absolute Gasteiger partial charge is 0.534 e. The average Bonchev–Trinajstić information content (AvgIpc) is 2.55. The van der Waals surface area contributed by atoms with Crippen LogP contribution in [0.2, 0.25) is 0 Å². The lowest BCUT2D eigenvalue weighted by atomic mass is 9.72. The molecular formula is C16H21BN2O5. The number of rotatable bonds is 4. The van der Waals surface area contributed by atoms with Crippen molar-refractivity contribution in [2.45, 2.75) is 31.6 Å². The first-order valence-electron chi connectivity index (χ1n) is 8.24. The zero-order valence-electron chi connectivity index (χ0n) is 13.3. The van der Waals surface area contributed by atoms with E-state index >= 15 is 0 Å². The molecule has 0 radical (unpaired) electrons. The normalized spacial score (nSPS) is 20.9. The first kappa shape index (κ1) is 16.8.